The normalized spacial score (nSPS) is 24.1. The van der Waals surface area contributed by atoms with Gasteiger partial charge in [-0.05, 0) is 71.9 Å². The van der Waals surface area contributed by atoms with Crippen LogP contribution >= 0.6 is 0 Å². The third-order valence-corrected chi connectivity index (χ3v) is 5.16. The molecule has 0 aromatic carbocycles. The van der Waals surface area contributed by atoms with E-state index in [0.717, 1.165) is 37.8 Å². The molecule has 0 atom stereocenters. The van der Waals surface area contributed by atoms with E-state index in [1.165, 1.54) is 32.1 Å². The van der Waals surface area contributed by atoms with Gasteiger partial charge in [0.25, 0.3) is 0 Å². The highest BCUT2D eigenvalue weighted by Crippen LogP contribution is 2.29. The third-order valence-electron chi connectivity index (χ3n) is 5.16. The molecule has 1 aliphatic rings. The maximum atomic E-state index is 11.0. The van der Waals surface area contributed by atoms with E-state index in [1.807, 2.05) is 13.8 Å². The molecule has 1 rings (SSSR count). The quantitative estimate of drug-likeness (QED) is 0.680. The van der Waals surface area contributed by atoms with Crippen molar-refractivity contribution < 1.29 is 9.90 Å². The number of nitrogens with zero attached hydrogens (tertiary/aromatic N) is 1. The van der Waals surface area contributed by atoms with Crippen LogP contribution in [0.1, 0.15) is 72.1 Å². The number of rotatable bonds is 8. The molecular weight excluding hydrogens is 250 g/mol. The van der Waals surface area contributed by atoms with Gasteiger partial charge in [-0.25, -0.2) is 0 Å². The lowest BCUT2D eigenvalue weighted by molar-refractivity contribution is -0.147. The van der Waals surface area contributed by atoms with Gasteiger partial charge in [0.05, 0.1) is 5.41 Å². The molecule has 118 valence electrons. The fourth-order valence-electron chi connectivity index (χ4n) is 3.21. The van der Waals surface area contributed by atoms with Gasteiger partial charge in [-0.2, -0.15) is 0 Å². The van der Waals surface area contributed by atoms with E-state index >= 15 is 0 Å². The summed E-state index contributed by atoms with van der Waals surface area (Å²) in [5.74, 6) is 0.278. The fourth-order valence-corrected chi connectivity index (χ4v) is 3.21. The molecule has 0 radical (unpaired) electrons. The van der Waals surface area contributed by atoms with Crippen LogP contribution in [-0.4, -0.2) is 35.6 Å². The molecule has 3 heteroatoms. The zero-order valence-electron chi connectivity index (χ0n) is 13.8. The van der Waals surface area contributed by atoms with Crippen LogP contribution < -0.4 is 0 Å². The molecule has 3 nitrogen and oxygen atoms in total. The molecule has 0 aromatic heterocycles. The maximum absolute atomic E-state index is 11.0. The minimum Gasteiger partial charge on any atom is -0.481 e. The summed E-state index contributed by atoms with van der Waals surface area (Å²) in [5.41, 5.74) is -0.572. The molecule has 1 saturated carbocycles. The van der Waals surface area contributed by atoms with Gasteiger partial charge in [-0.3, -0.25) is 4.79 Å². The van der Waals surface area contributed by atoms with Gasteiger partial charge in [0.15, 0.2) is 0 Å². The Morgan fingerprint density at radius 3 is 2.30 bits per heavy atom. The Morgan fingerprint density at radius 2 is 1.80 bits per heavy atom. The van der Waals surface area contributed by atoms with E-state index in [1.54, 1.807) is 0 Å². The molecule has 1 N–H and O–H groups in total. The number of hydrogen-bond acceptors (Lipinski definition) is 2. The van der Waals surface area contributed by atoms with E-state index in [0.29, 0.717) is 0 Å². The monoisotopic (exact) mass is 283 g/mol. The van der Waals surface area contributed by atoms with Crippen molar-refractivity contribution in [2.75, 3.05) is 13.6 Å². The smallest absolute Gasteiger partial charge is 0.309 e. The van der Waals surface area contributed by atoms with Crippen LogP contribution in [0.15, 0.2) is 0 Å². The van der Waals surface area contributed by atoms with Crippen LogP contribution in [0.25, 0.3) is 0 Å². The molecular formula is C17H33NO2. The van der Waals surface area contributed by atoms with Crippen LogP contribution in [0.3, 0.4) is 0 Å². The number of carboxylic acids is 1. The Labute approximate surface area is 124 Å². The third kappa shape index (κ3) is 5.43. The number of hydrogen-bond donors (Lipinski definition) is 1. The lowest BCUT2D eigenvalue weighted by atomic mass is 9.84. The second-order valence-electron chi connectivity index (χ2n) is 7.21. The van der Waals surface area contributed by atoms with Crippen LogP contribution in [0.4, 0.5) is 0 Å². The van der Waals surface area contributed by atoms with Gasteiger partial charge < -0.3 is 10.0 Å². The first-order chi connectivity index (χ1) is 9.36. The second-order valence-corrected chi connectivity index (χ2v) is 7.21. The van der Waals surface area contributed by atoms with Gasteiger partial charge >= 0.3 is 5.97 Å². The van der Waals surface area contributed by atoms with Crippen molar-refractivity contribution >= 4 is 5.97 Å². The Kier molecular flexibility index (Phi) is 7.01. The first-order valence-electron chi connectivity index (χ1n) is 8.30. The van der Waals surface area contributed by atoms with E-state index in [2.05, 4.69) is 18.9 Å². The average Bonchev–Trinajstić information content (AvgIpc) is 2.43. The van der Waals surface area contributed by atoms with Crippen molar-refractivity contribution in [3.63, 3.8) is 0 Å². The van der Waals surface area contributed by atoms with Crippen LogP contribution in [0, 0.1) is 11.3 Å². The highest BCUT2D eigenvalue weighted by molar-refractivity contribution is 5.73. The Hall–Kier alpha value is -0.570. The Bertz CT molecular complexity index is 293. The number of unbranched alkanes of at least 4 members (excludes halogenated alkanes) is 1. The highest BCUT2D eigenvalue weighted by atomic mass is 16.4. The predicted molar refractivity (Wildman–Crippen MR) is 83.9 cm³/mol. The molecule has 1 fully saturated rings. The Balaban J connectivity index is 2.18. The van der Waals surface area contributed by atoms with Crippen LogP contribution in [0.2, 0.25) is 0 Å². The summed E-state index contributed by atoms with van der Waals surface area (Å²) >= 11 is 0. The second kappa shape index (κ2) is 8.02. The van der Waals surface area contributed by atoms with Crippen LogP contribution in [0.5, 0.6) is 0 Å². The van der Waals surface area contributed by atoms with E-state index in [9.17, 15) is 4.79 Å². The van der Waals surface area contributed by atoms with Gasteiger partial charge in [0.2, 0.25) is 0 Å². The minimum absolute atomic E-state index is 0.572. The SMILES string of the molecule is CCC1CCC(N(C)CCCCC(C)(C)C(=O)O)CC1. The molecule has 20 heavy (non-hydrogen) atoms. The first-order valence-corrected chi connectivity index (χ1v) is 8.30. The summed E-state index contributed by atoms with van der Waals surface area (Å²) in [7, 11) is 2.24. The minimum atomic E-state index is -0.677. The summed E-state index contributed by atoms with van der Waals surface area (Å²) in [5, 5.41) is 9.09. The largest absolute Gasteiger partial charge is 0.481 e. The predicted octanol–water partition coefficient (Wildman–Crippen LogP) is 4.17. The molecule has 1 aliphatic carbocycles. The number of aliphatic carboxylic acids is 1. The summed E-state index contributed by atoms with van der Waals surface area (Å²) in [6, 6.07) is 0.755. The molecule has 0 aromatic rings. The van der Waals surface area contributed by atoms with E-state index < -0.39 is 11.4 Å². The summed E-state index contributed by atoms with van der Waals surface area (Å²) in [4.78, 5) is 13.5. The average molecular weight is 283 g/mol. The van der Waals surface area contributed by atoms with Crippen molar-refractivity contribution in [2.45, 2.75) is 78.2 Å². The molecule has 0 unspecified atom stereocenters. The highest BCUT2D eigenvalue weighted by Gasteiger charge is 2.26. The lowest BCUT2D eigenvalue weighted by Crippen LogP contribution is -2.35. The molecule has 0 aliphatic heterocycles. The van der Waals surface area contributed by atoms with Crippen LogP contribution in [-0.2, 0) is 4.79 Å². The van der Waals surface area contributed by atoms with Crippen molar-refractivity contribution in [3.8, 4) is 0 Å². The summed E-state index contributed by atoms with van der Waals surface area (Å²) in [6.07, 6.45) is 9.69. The lowest BCUT2D eigenvalue weighted by Gasteiger charge is -2.34. The Morgan fingerprint density at radius 1 is 1.20 bits per heavy atom. The molecule has 0 amide bonds. The van der Waals surface area contributed by atoms with Crippen molar-refractivity contribution in [3.05, 3.63) is 0 Å². The van der Waals surface area contributed by atoms with E-state index in [4.69, 9.17) is 5.11 Å². The van der Waals surface area contributed by atoms with Gasteiger partial charge in [-0.1, -0.05) is 19.8 Å². The first kappa shape index (κ1) is 17.5. The van der Waals surface area contributed by atoms with E-state index in [-0.39, 0.29) is 0 Å². The zero-order chi connectivity index (χ0) is 15.2. The van der Waals surface area contributed by atoms with Gasteiger partial charge in [-0.15, -0.1) is 0 Å². The zero-order valence-corrected chi connectivity index (χ0v) is 13.8. The number of carbonyl (C=O) groups is 1. The topological polar surface area (TPSA) is 40.5 Å². The maximum Gasteiger partial charge on any atom is 0.309 e. The summed E-state index contributed by atoms with van der Waals surface area (Å²) < 4.78 is 0. The molecule has 0 bridgehead atoms. The summed E-state index contributed by atoms with van der Waals surface area (Å²) in [6.45, 7) is 7.06. The molecule has 0 spiro atoms. The van der Waals surface area contributed by atoms with Crippen molar-refractivity contribution in [2.24, 2.45) is 11.3 Å². The molecule has 0 saturated heterocycles. The van der Waals surface area contributed by atoms with Crippen molar-refractivity contribution in [1.82, 2.24) is 4.90 Å². The molecule has 0 heterocycles. The standard InChI is InChI=1S/C17H33NO2/c1-5-14-8-10-15(11-9-14)18(4)13-7-6-12-17(2,3)16(19)20/h14-15H,5-13H2,1-4H3,(H,19,20). The van der Waals surface area contributed by atoms with Gasteiger partial charge in [0.1, 0.15) is 0 Å². The van der Waals surface area contributed by atoms with Crippen molar-refractivity contribution in [1.29, 1.82) is 0 Å². The number of carboxylic acid groups (broad SMARTS) is 1. The fraction of sp³-hybridized carbons (Fsp3) is 0.941. The van der Waals surface area contributed by atoms with Gasteiger partial charge in [0, 0.05) is 6.04 Å².